The van der Waals surface area contributed by atoms with Gasteiger partial charge in [-0.2, -0.15) is 5.10 Å². The molecule has 36 heavy (non-hydrogen) atoms. The summed E-state index contributed by atoms with van der Waals surface area (Å²) >= 11 is 12.1. The third-order valence-electron chi connectivity index (χ3n) is 4.80. The summed E-state index contributed by atoms with van der Waals surface area (Å²) in [6.45, 7) is 2.50. The highest BCUT2D eigenvalue weighted by Gasteiger charge is 2.10. The SMILES string of the molecule is CCOc1cc(C=NNC(=O)CCC(=O)Nc2ccccc2F)ccc1OCc1ccc(Cl)cc1Cl. The van der Waals surface area contributed by atoms with Crippen LogP contribution in [0.2, 0.25) is 10.0 Å². The monoisotopic (exact) mass is 531 g/mol. The van der Waals surface area contributed by atoms with Gasteiger partial charge in [0.15, 0.2) is 11.5 Å². The van der Waals surface area contributed by atoms with E-state index in [9.17, 15) is 14.0 Å². The van der Waals surface area contributed by atoms with E-state index < -0.39 is 17.6 Å². The molecule has 3 aromatic carbocycles. The van der Waals surface area contributed by atoms with Gasteiger partial charge in [0.2, 0.25) is 11.8 Å². The van der Waals surface area contributed by atoms with Gasteiger partial charge in [-0.1, -0.05) is 41.4 Å². The fraction of sp³-hybridized carbons (Fsp3) is 0.192. The number of benzene rings is 3. The molecule has 0 atom stereocenters. The molecule has 0 aliphatic heterocycles. The first-order chi connectivity index (χ1) is 17.4. The lowest BCUT2D eigenvalue weighted by molar-refractivity contribution is -0.124. The molecule has 0 heterocycles. The van der Waals surface area contributed by atoms with Gasteiger partial charge in [-0.15, -0.1) is 0 Å². The highest BCUT2D eigenvalue weighted by atomic mass is 35.5. The Labute approximate surface area is 218 Å². The highest BCUT2D eigenvalue weighted by molar-refractivity contribution is 6.35. The Morgan fingerprint density at radius 2 is 1.75 bits per heavy atom. The Kier molecular flexibility index (Phi) is 10.1. The number of amides is 2. The van der Waals surface area contributed by atoms with Crippen LogP contribution in [-0.2, 0) is 16.2 Å². The van der Waals surface area contributed by atoms with Crippen LogP contribution in [-0.4, -0.2) is 24.6 Å². The number of carbonyl (C=O) groups is 2. The lowest BCUT2D eigenvalue weighted by atomic mass is 10.2. The van der Waals surface area contributed by atoms with Gasteiger partial charge in [0, 0.05) is 28.5 Å². The fourth-order valence-corrected chi connectivity index (χ4v) is 3.49. The number of nitrogens with one attached hydrogen (secondary N) is 2. The molecule has 0 saturated carbocycles. The largest absolute Gasteiger partial charge is 0.490 e. The number of halogens is 3. The van der Waals surface area contributed by atoms with Crippen molar-refractivity contribution in [2.24, 2.45) is 5.10 Å². The molecule has 0 saturated heterocycles. The van der Waals surface area contributed by atoms with Crippen molar-refractivity contribution in [3.05, 3.63) is 87.7 Å². The Bertz CT molecular complexity index is 1250. The maximum absolute atomic E-state index is 13.6. The predicted molar refractivity (Wildman–Crippen MR) is 138 cm³/mol. The van der Waals surface area contributed by atoms with Gasteiger partial charge in [-0.3, -0.25) is 9.59 Å². The zero-order valence-corrected chi connectivity index (χ0v) is 20.9. The first-order valence-corrected chi connectivity index (χ1v) is 11.8. The van der Waals surface area contributed by atoms with E-state index in [1.807, 2.05) is 6.92 Å². The molecule has 2 amide bonds. The summed E-state index contributed by atoms with van der Waals surface area (Å²) in [6.07, 6.45) is 1.22. The van der Waals surface area contributed by atoms with Crippen LogP contribution in [0, 0.1) is 5.82 Å². The third-order valence-corrected chi connectivity index (χ3v) is 5.38. The lowest BCUT2D eigenvalue weighted by Gasteiger charge is -2.13. The summed E-state index contributed by atoms with van der Waals surface area (Å²) in [4.78, 5) is 23.9. The molecular formula is C26H24Cl2FN3O4. The molecule has 0 unspecified atom stereocenters. The first-order valence-electron chi connectivity index (χ1n) is 11.1. The van der Waals surface area contributed by atoms with Crippen LogP contribution in [0.3, 0.4) is 0 Å². The molecule has 0 aliphatic rings. The number of carbonyl (C=O) groups excluding carboxylic acids is 2. The van der Waals surface area contributed by atoms with Crippen LogP contribution < -0.4 is 20.2 Å². The van der Waals surface area contributed by atoms with Crippen molar-refractivity contribution >= 4 is 46.9 Å². The number of hydrazone groups is 1. The fourth-order valence-electron chi connectivity index (χ4n) is 3.02. The standard InChI is InChI=1S/C26H24Cl2FN3O4/c1-2-35-24-13-17(7-10-23(24)36-16-18-8-9-19(27)14-20(18)28)15-30-32-26(34)12-11-25(33)31-22-6-4-3-5-21(22)29/h3-10,13-15H,2,11-12,16H2,1H3,(H,31,33)(H,32,34). The van der Waals surface area contributed by atoms with E-state index in [0.29, 0.717) is 33.7 Å². The van der Waals surface area contributed by atoms with Crippen LogP contribution in [0.15, 0.2) is 65.8 Å². The molecule has 0 aromatic heterocycles. The minimum absolute atomic E-state index is 0.0646. The van der Waals surface area contributed by atoms with Crippen molar-refractivity contribution in [1.82, 2.24) is 5.43 Å². The maximum atomic E-state index is 13.6. The predicted octanol–water partition coefficient (Wildman–Crippen LogP) is 5.98. The number of hydrogen-bond donors (Lipinski definition) is 2. The molecule has 3 aromatic rings. The Balaban J connectivity index is 1.51. The van der Waals surface area contributed by atoms with Crippen LogP contribution in [0.25, 0.3) is 0 Å². The maximum Gasteiger partial charge on any atom is 0.240 e. The quantitative estimate of drug-likeness (QED) is 0.235. The van der Waals surface area contributed by atoms with E-state index in [1.54, 1.807) is 42.5 Å². The summed E-state index contributed by atoms with van der Waals surface area (Å²) in [6, 6.07) is 16.2. The van der Waals surface area contributed by atoms with Crippen LogP contribution >= 0.6 is 23.2 Å². The van der Waals surface area contributed by atoms with Crippen molar-refractivity contribution in [2.45, 2.75) is 26.4 Å². The second-order valence-electron chi connectivity index (χ2n) is 7.48. The summed E-state index contributed by atoms with van der Waals surface area (Å²) < 4.78 is 25.1. The number of nitrogens with zero attached hydrogens (tertiary/aromatic N) is 1. The molecule has 0 bridgehead atoms. The number of para-hydroxylation sites is 1. The first kappa shape index (κ1) is 27.0. The number of ether oxygens (including phenoxy) is 2. The molecule has 7 nitrogen and oxygen atoms in total. The average molecular weight is 532 g/mol. The van der Waals surface area contributed by atoms with Gasteiger partial charge >= 0.3 is 0 Å². The zero-order chi connectivity index (χ0) is 25.9. The van der Waals surface area contributed by atoms with E-state index in [2.05, 4.69) is 15.8 Å². The minimum atomic E-state index is -0.545. The Morgan fingerprint density at radius 3 is 2.50 bits per heavy atom. The van der Waals surface area contributed by atoms with Crippen molar-refractivity contribution in [3.63, 3.8) is 0 Å². The van der Waals surface area contributed by atoms with Gasteiger partial charge < -0.3 is 14.8 Å². The molecule has 0 radical (unpaired) electrons. The zero-order valence-electron chi connectivity index (χ0n) is 19.4. The summed E-state index contributed by atoms with van der Waals surface area (Å²) in [5.41, 5.74) is 3.87. The van der Waals surface area contributed by atoms with Gasteiger partial charge in [-0.05, 0) is 55.0 Å². The van der Waals surface area contributed by atoms with E-state index in [4.69, 9.17) is 32.7 Å². The number of hydrogen-bond acceptors (Lipinski definition) is 5. The number of anilines is 1. The van der Waals surface area contributed by atoms with Gasteiger partial charge in [-0.25, -0.2) is 9.82 Å². The third kappa shape index (κ3) is 8.25. The van der Waals surface area contributed by atoms with Gasteiger partial charge in [0.05, 0.1) is 18.5 Å². The summed E-state index contributed by atoms with van der Waals surface area (Å²) in [5.74, 6) is -0.458. The van der Waals surface area contributed by atoms with Crippen LogP contribution in [0.1, 0.15) is 30.9 Å². The van der Waals surface area contributed by atoms with Crippen molar-refractivity contribution < 1.29 is 23.5 Å². The van der Waals surface area contributed by atoms with E-state index in [0.717, 1.165) is 5.56 Å². The molecule has 0 aliphatic carbocycles. The smallest absolute Gasteiger partial charge is 0.240 e. The topological polar surface area (TPSA) is 89.0 Å². The lowest BCUT2D eigenvalue weighted by Crippen LogP contribution is -2.21. The number of rotatable bonds is 11. The molecular weight excluding hydrogens is 508 g/mol. The molecule has 188 valence electrons. The Morgan fingerprint density at radius 1 is 0.972 bits per heavy atom. The molecule has 0 fully saturated rings. The minimum Gasteiger partial charge on any atom is -0.490 e. The van der Waals surface area contributed by atoms with Crippen molar-refractivity contribution in [1.29, 1.82) is 0 Å². The highest BCUT2D eigenvalue weighted by Crippen LogP contribution is 2.30. The van der Waals surface area contributed by atoms with Crippen LogP contribution in [0.4, 0.5) is 10.1 Å². The second-order valence-corrected chi connectivity index (χ2v) is 8.33. The van der Waals surface area contributed by atoms with E-state index in [-0.39, 0.29) is 25.1 Å². The normalized spacial score (nSPS) is 10.8. The van der Waals surface area contributed by atoms with Crippen molar-refractivity contribution in [2.75, 3.05) is 11.9 Å². The van der Waals surface area contributed by atoms with E-state index in [1.165, 1.54) is 24.4 Å². The molecule has 10 heteroatoms. The molecule has 3 rings (SSSR count). The van der Waals surface area contributed by atoms with E-state index >= 15 is 0 Å². The van der Waals surface area contributed by atoms with Gasteiger partial charge in [0.25, 0.3) is 0 Å². The molecule has 0 spiro atoms. The Hall–Kier alpha value is -3.62. The molecule has 2 N–H and O–H groups in total. The summed E-state index contributed by atoms with van der Waals surface area (Å²) in [7, 11) is 0. The average Bonchev–Trinajstić information content (AvgIpc) is 2.85. The van der Waals surface area contributed by atoms with Crippen LogP contribution in [0.5, 0.6) is 11.5 Å². The van der Waals surface area contributed by atoms with Crippen molar-refractivity contribution in [3.8, 4) is 11.5 Å². The summed E-state index contributed by atoms with van der Waals surface area (Å²) in [5, 5.41) is 7.39. The second kappa shape index (κ2) is 13.5. The van der Waals surface area contributed by atoms with Gasteiger partial charge in [0.1, 0.15) is 12.4 Å².